The van der Waals surface area contributed by atoms with Gasteiger partial charge in [-0.25, -0.2) is 4.99 Å². The van der Waals surface area contributed by atoms with Crippen LogP contribution in [0.2, 0.25) is 0 Å². The molecule has 2 amide bonds. The second kappa shape index (κ2) is 5.55. The van der Waals surface area contributed by atoms with Gasteiger partial charge in [0, 0.05) is 12.3 Å². The number of fused-ring (bicyclic) bond motifs is 1. The van der Waals surface area contributed by atoms with E-state index < -0.39 is 23.7 Å². The van der Waals surface area contributed by atoms with Crippen molar-refractivity contribution in [3.8, 4) is 0 Å². The Morgan fingerprint density at radius 2 is 2.04 bits per heavy atom. The molecule has 1 atom stereocenters. The third-order valence-corrected chi connectivity index (χ3v) is 4.49. The topological polar surface area (TPSA) is 61.8 Å². The molecule has 2 heterocycles. The van der Waals surface area contributed by atoms with Gasteiger partial charge in [0.05, 0.1) is 6.42 Å². The van der Waals surface area contributed by atoms with Crippen molar-refractivity contribution < 1.29 is 22.8 Å². The van der Waals surface area contributed by atoms with Gasteiger partial charge in [-0.3, -0.25) is 14.5 Å². The molecule has 2 aliphatic rings. The minimum absolute atomic E-state index is 0.00679. The summed E-state index contributed by atoms with van der Waals surface area (Å²) in [5.74, 6) is -1.65. The minimum atomic E-state index is -5.01. The standard InChI is InChI=1S/C14H12F3N3O2S/c15-14(16,17)13(11(22)20-6-7-23-12(20)19-13)18-10(21)8-9-4-2-1-3-5-9/h1-5H,6-8H2,(H,18,21)/t13-/m0/s1. The third-order valence-electron chi connectivity index (χ3n) is 3.53. The molecular formula is C14H12F3N3O2S. The SMILES string of the molecule is O=C(Cc1ccccc1)N[C@]1(C(F)(F)F)N=C2SCCN2C1=O. The van der Waals surface area contributed by atoms with Crippen LogP contribution in [0.15, 0.2) is 35.3 Å². The van der Waals surface area contributed by atoms with Crippen LogP contribution in [0.5, 0.6) is 0 Å². The van der Waals surface area contributed by atoms with E-state index in [0.29, 0.717) is 11.3 Å². The normalized spacial score (nSPS) is 23.7. The van der Waals surface area contributed by atoms with Crippen LogP contribution in [0, 0.1) is 0 Å². The zero-order valence-electron chi connectivity index (χ0n) is 11.8. The highest BCUT2D eigenvalue weighted by molar-refractivity contribution is 8.14. The lowest BCUT2D eigenvalue weighted by Gasteiger charge is -2.28. The molecular weight excluding hydrogens is 331 g/mol. The largest absolute Gasteiger partial charge is 0.442 e. The summed E-state index contributed by atoms with van der Waals surface area (Å²) in [7, 11) is 0. The van der Waals surface area contributed by atoms with Gasteiger partial charge in [-0.15, -0.1) is 0 Å². The van der Waals surface area contributed by atoms with Gasteiger partial charge < -0.3 is 5.32 Å². The molecule has 0 bridgehead atoms. The molecule has 1 aromatic rings. The molecule has 0 aliphatic carbocycles. The summed E-state index contributed by atoms with van der Waals surface area (Å²) < 4.78 is 40.5. The number of halogens is 3. The summed E-state index contributed by atoms with van der Waals surface area (Å²) in [5, 5.41) is 1.81. The number of nitrogens with one attached hydrogen (secondary N) is 1. The second-order valence-electron chi connectivity index (χ2n) is 5.12. The van der Waals surface area contributed by atoms with Gasteiger partial charge in [0.15, 0.2) is 5.17 Å². The van der Waals surface area contributed by atoms with E-state index in [1.807, 2.05) is 0 Å². The Balaban J connectivity index is 1.86. The van der Waals surface area contributed by atoms with Gasteiger partial charge in [-0.1, -0.05) is 42.1 Å². The number of aliphatic imine (C=N–C) groups is 1. The Morgan fingerprint density at radius 3 is 2.65 bits per heavy atom. The molecule has 1 aromatic carbocycles. The highest BCUT2D eigenvalue weighted by atomic mass is 32.2. The van der Waals surface area contributed by atoms with Gasteiger partial charge in [0.2, 0.25) is 5.91 Å². The van der Waals surface area contributed by atoms with Crippen molar-refractivity contribution in [1.82, 2.24) is 10.2 Å². The van der Waals surface area contributed by atoms with Crippen molar-refractivity contribution in [3.63, 3.8) is 0 Å². The average Bonchev–Trinajstić information content (AvgIpc) is 3.02. The molecule has 1 fully saturated rings. The van der Waals surface area contributed by atoms with E-state index in [-0.39, 0.29) is 18.1 Å². The number of rotatable bonds is 3. The van der Waals surface area contributed by atoms with Crippen molar-refractivity contribution in [1.29, 1.82) is 0 Å². The average molecular weight is 343 g/mol. The molecule has 0 spiro atoms. The third kappa shape index (κ3) is 2.69. The quantitative estimate of drug-likeness (QED) is 0.906. The summed E-state index contributed by atoms with van der Waals surface area (Å²) in [5.41, 5.74) is -2.66. The Labute approximate surface area is 133 Å². The number of hydrogen-bond acceptors (Lipinski definition) is 4. The molecule has 0 radical (unpaired) electrons. The van der Waals surface area contributed by atoms with Gasteiger partial charge in [-0.05, 0) is 5.56 Å². The fraction of sp³-hybridized carbons (Fsp3) is 0.357. The van der Waals surface area contributed by atoms with E-state index in [2.05, 4.69) is 4.99 Å². The van der Waals surface area contributed by atoms with Crippen LogP contribution in [0.4, 0.5) is 13.2 Å². The summed E-state index contributed by atoms with van der Waals surface area (Å²) in [6.07, 6.45) is -5.27. The second-order valence-corrected chi connectivity index (χ2v) is 6.18. The number of amides is 2. The van der Waals surface area contributed by atoms with Crippen LogP contribution in [-0.2, 0) is 16.0 Å². The summed E-state index contributed by atoms with van der Waals surface area (Å²) in [6, 6.07) is 8.33. The van der Waals surface area contributed by atoms with Crippen LogP contribution >= 0.6 is 11.8 Å². The Kier molecular flexibility index (Phi) is 3.83. The maximum Gasteiger partial charge on any atom is 0.442 e. The van der Waals surface area contributed by atoms with Crippen LogP contribution in [0.25, 0.3) is 0 Å². The van der Waals surface area contributed by atoms with Gasteiger partial charge >= 0.3 is 11.8 Å². The lowest BCUT2D eigenvalue weighted by atomic mass is 10.1. The molecule has 0 aromatic heterocycles. The van der Waals surface area contributed by atoms with E-state index in [1.54, 1.807) is 35.6 Å². The van der Waals surface area contributed by atoms with Crippen molar-refractivity contribution in [2.75, 3.05) is 12.3 Å². The van der Waals surface area contributed by atoms with Crippen LogP contribution in [0.1, 0.15) is 5.56 Å². The number of nitrogens with zero attached hydrogens (tertiary/aromatic N) is 2. The van der Waals surface area contributed by atoms with Crippen molar-refractivity contribution in [2.24, 2.45) is 4.99 Å². The molecule has 5 nitrogen and oxygen atoms in total. The molecule has 0 unspecified atom stereocenters. The van der Waals surface area contributed by atoms with E-state index >= 15 is 0 Å². The zero-order chi connectivity index (χ0) is 16.7. The maximum atomic E-state index is 13.5. The van der Waals surface area contributed by atoms with Crippen molar-refractivity contribution in [3.05, 3.63) is 35.9 Å². The fourth-order valence-corrected chi connectivity index (χ4v) is 3.42. The summed E-state index contributed by atoms with van der Waals surface area (Å²) >= 11 is 1.07. The van der Waals surface area contributed by atoms with E-state index in [9.17, 15) is 22.8 Å². The molecule has 2 aliphatic heterocycles. The first-order chi connectivity index (χ1) is 10.8. The van der Waals surface area contributed by atoms with E-state index in [4.69, 9.17) is 0 Å². The Morgan fingerprint density at radius 1 is 1.35 bits per heavy atom. The molecule has 23 heavy (non-hydrogen) atoms. The molecule has 1 N–H and O–H groups in total. The highest BCUT2D eigenvalue weighted by Crippen LogP contribution is 2.40. The van der Waals surface area contributed by atoms with Crippen LogP contribution < -0.4 is 5.32 Å². The number of alkyl halides is 3. The lowest BCUT2D eigenvalue weighted by molar-refractivity contribution is -0.200. The first kappa shape index (κ1) is 15.9. The fourth-order valence-electron chi connectivity index (χ4n) is 2.43. The molecule has 1 saturated heterocycles. The van der Waals surface area contributed by atoms with Gasteiger partial charge in [0.1, 0.15) is 0 Å². The zero-order valence-corrected chi connectivity index (χ0v) is 12.6. The van der Waals surface area contributed by atoms with Gasteiger partial charge in [0.25, 0.3) is 5.91 Å². The predicted molar refractivity (Wildman–Crippen MR) is 78.7 cm³/mol. The Hall–Kier alpha value is -2.03. The number of hydrogen-bond donors (Lipinski definition) is 1. The number of benzene rings is 1. The first-order valence-electron chi connectivity index (χ1n) is 6.80. The number of thioether (sulfide) groups is 1. The van der Waals surface area contributed by atoms with E-state index in [0.717, 1.165) is 16.7 Å². The number of carbonyl (C=O) groups is 2. The molecule has 0 saturated carbocycles. The Bertz CT molecular complexity index is 678. The molecule has 122 valence electrons. The predicted octanol–water partition coefficient (Wildman–Crippen LogP) is 1.55. The maximum absolute atomic E-state index is 13.5. The first-order valence-corrected chi connectivity index (χ1v) is 7.78. The molecule has 3 rings (SSSR count). The number of carbonyl (C=O) groups excluding carboxylic acids is 2. The monoisotopic (exact) mass is 343 g/mol. The van der Waals surface area contributed by atoms with Crippen LogP contribution in [-0.4, -0.2) is 46.0 Å². The van der Waals surface area contributed by atoms with E-state index in [1.165, 1.54) is 0 Å². The number of amidine groups is 1. The smallest absolute Gasteiger partial charge is 0.316 e. The summed E-state index contributed by atoms with van der Waals surface area (Å²) in [4.78, 5) is 28.7. The van der Waals surface area contributed by atoms with Gasteiger partial charge in [-0.2, -0.15) is 13.2 Å². The highest BCUT2D eigenvalue weighted by Gasteiger charge is 2.67. The van der Waals surface area contributed by atoms with Crippen LogP contribution in [0.3, 0.4) is 0 Å². The van der Waals surface area contributed by atoms with Crippen molar-refractivity contribution in [2.45, 2.75) is 18.3 Å². The lowest BCUT2D eigenvalue weighted by Crippen LogP contribution is -2.63. The molecule has 9 heteroatoms. The summed E-state index contributed by atoms with van der Waals surface area (Å²) in [6.45, 7) is 0.161. The van der Waals surface area contributed by atoms with Crippen molar-refractivity contribution >= 4 is 28.7 Å². The minimum Gasteiger partial charge on any atom is -0.316 e.